The second-order valence-electron chi connectivity index (χ2n) is 4.85. The van der Waals surface area contributed by atoms with Crippen molar-refractivity contribution >= 4 is 17.4 Å². The van der Waals surface area contributed by atoms with E-state index in [0.29, 0.717) is 5.69 Å². The summed E-state index contributed by atoms with van der Waals surface area (Å²) in [7, 11) is 0. The number of nitrogens with one attached hydrogen (secondary N) is 2. The lowest BCUT2D eigenvalue weighted by Gasteiger charge is -2.07. The van der Waals surface area contributed by atoms with Crippen LogP contribution in [0.4, 0.5) is 5.69 Å². The van der Waals surface area contributed by atoms with Crippen molar-refractivity contribution in [3.8, 4) is 0 Å². The Morgan fingerprint density at radius 3 is 2.67 bits per heavy atom. The first-order chi connectivity index (χ1) is 10.2. The average Bonchev–Trinajstić information content (AvgIpc) is 3.02. The number of hydrogen-bond acceptors (Lipinski definition) is 4. The summed E-state index contributed by atoms with van der Waals surface area (Å²) in [5.41, 5.74) is 3.01. The van der Waals surface area contributed by atoms with Crippen molar-refractivity contribution in [2.75, 3.05) is 18.4 Å². The summed E-state index contributed by atoms with van der Waals surface area (Å²) >= 11 is 0. The summed E-state index contributed by atoms with van der Waals surface area (Å²) in [6.45, 7) is 3.56. The van der Waals surface area contributed by atoms with E-state index in [1.807, 2.05) is 43.3 Å². The van der Waals surface area contributed by atoms with Crippen molar-refractivity contribution in [2.45, 2.75) is 6.92 Å². The van der Waals surface area contributed by atoms with Gasteiger partial charge < -0.3 is 10.6 Å². The molecule has 2 N–H and O–H groups in total. The van der Waals surface area contributed by atoms with Crippen molar-refractivity contribution in [1.29, 1.82) is 0 Å². The first-order valence-corrected chi connectivity index (χ1v) is 6.86. The molecule has 0 saturated carbocycles. The molecule has 1 aliphatic heterocycles. The predicted octanol–water partition coefficient (Wildman–Crippen LogP) is 1.99. The summed E-state index contributed by atoms with van der Waals surface area (Å²) in [5, 5.41) is 6.06. The first-order valence-electron chi connectivity index (χ1n) is 6.86. The number of aromatic nitrogens is 1. The number of benzene rings is 1. The van der Waals surface area contributed by atoms with Gasteiger partial charge >= 0.3 is 0 Å². The predicted molar refractivity (Wildman–Crippen MR) is 82.8 cm³/mol. The highest BCUT2D eigenvalue weighted by atomic mass is 16.1. The van der Waals surface area contributed by atoms with E-state index in [9.17, 15) is 4.79 Å². The van der Waals surface area contributed by atoms with Gasteiger partial charge in [0.1, 0.15) is 11.5 Å². The molecule has 0 radical (unpaired) electrons. The third kappa shape index (κ3) is 3.08. The number of anilines is 1. The van der Waals surface area contributed by atoms with Crippen molar-refractivity contribution < 1.29 is 4.79 Å². The zero-order valence-corrected chi connectivity index (χ0v) is 11.8. The zero-order chi connectivity index (χ0) is 14.7. The Morgan fingerprint density at radius 2 is 2.00 bits per heavy atom. The fraction of sp³-hybridized carbons (Fsp3) is 0.188. The lowest BCUT2D eigenvalue weighted by atomic mass is 10.2. The minimum Gasteiger partial charge on any atom is -0.368 e. The van der Waals surface area contributed by atoms with Gasteiger partial charge in [0.25, 0.3) is 5.91 Å². The number of nitrogens with zero attached hydrogens (tertiary/aromatic N) is 2. The number of rotatable bonds is 3. The SMILES string of the molecule is Cc1cccc(C(=O)Nc2ccc(C3=NCCN3)cc2)n1. The Balaban J connectivity index is 1.71. The van der Waals surface area contributed by atoms with E-state index in [1.165, 1.54) is 0 Å². The maximum atomic E-state index is 12.1. The molecule has 1 aromatic heterocycles. The molecule has 2 aromatic rings. The molecule has 0 bridgehead atoms. The molecule has 1 aromatic carbocycles. The molecule has 0 spiro atoms. The van der Waals surface area contributed by atoms with Gasteiger partial charge in [-0.05, 0) is 43.3 Å². The molecule has 21 heavy (non-hydrogen) atoms. The van der Waals surface area contributed by atoms with Crippen LogP contribution in [0, 0.1) is 6.92 Å². The van der Waals surface area contributed by atoms with E-state index in [2.05, 4.69) is 20.6 Å². The Hall–Kier alpha value is -2.69. The van der Waals surface area contributed by atoms with Gasteiger partial charge in [0, 0.05) is 23.5 Å². The van der Waals surface area contributed by atoms with Crippen LogP contribution >= 0.6 is 0 Å². The van der Waals surface area contributed by atoms with Crippen LogP contribution in [0.25, 0.3) is 0 Å². The number of amides is 1. The second-order valence-corrected chi connectivity index (χ2v) is 4.85. The highest BCUT2D eigenvalue weighted by molar-refractivity contribution is 6.03. The maximum absolute atomic E-state index is 12.1. The van der Waals surface area contributed by atoms with Gasteiger partial charge in [-0.3, -0.25) is 9.79 Å². The topological polar surface area (TPSA) is 66.4 Å². The zero-order valence-electron chi connectivity index (χ0n) is 11.8. The highest BCUT2D eigenvalue weighted by Crippen LogP contribution is 2.12. The number of aliphatic imine (C=N–C) groups is 1. The Bertz CT molecular complexity index is 692. The monoisotopic (exact) mass is 280 g/mol. The van der Waals surface area contributed by atoms with Gasteiger partial charge in [-0.15, -0.1) is 0 Å². The second kappa shape index (κ2) is 5.75. The van der Waals surface area contributed by atoms with Crippen molar-refractivity contribution in [3.05, 3.63) is 59.4 Å². The summed E-state index contributed by atoms with van der Waals surface area (Å²) in [6, 6.07) is 13.0. The Labute approximate surface area is 123 Å². The van der Waals surface area contributed by atoms with E-state index < -0.39 is 0 Å². The number of carbonyl (C=O) groups is 1. The van der Waals surface area contributed by atoms with E-state index in [4.69, 9.17) is 0 Å². The molecule has 2 heterocycles. The molecule has 5 heteroatoms. The van der Waals surface area contributed by atoms with Crippen LogP contribution in [-0.4, -0.2) is 29.8 Å². The van der Waals surface area contributed by atoms with Gasteiger partial charge in [0.05, 0.1) is 6.54 Å². The molecule has 0 fully saturated rings. The molecule has 1 aliphatic rings. The average molecular weight is 280 g/mol. The van der Waals surface area contributed by atoms with Gasteiger partial charge in [0.15, 0.2) is 0 Å². The van der Waals surface area contributed by atoms with Crippen LogP contribution in [0.2, 0.25) is 0 Å². The maximum Gasteiger partial charge on any atom is 0.274 e. The van der Waals surface area contributed by atoms with Crippen LogP contribution in [-0.2, 0) is 0 Å². The minimum atomic E-state index is -0.206. The molecule has 0 atom stereocenters. The third-order valence-corrected chi connectivity index (χ3v) is 3.21. The summed E-state index contributed by atoms with van der Waals surface area (Å²) in [6.07, 6.45) is 0. The number of hydrogen-bond donors (Lipinski definition) is 2. The summed E-state index contributed by atoms with van der Waals surface area (Å²) < 4.78 is 0. The molecule has 0 aliphatic carbocycles. The normalized spacial score (nSPS) is 13.5. The molecule has 1 amide bonds. The smallest absolute Gasteiger partial charge is 0.274 e. The largest absolute Gasteiger partial charge is 0.368 e. The minimum absolute atomic E-state index is 0.206. The molecule has 106 valence electrons. The number of amidine groups is 1. The lowest BCUT2D eigenvalue weighted by molar-refractivity contribution is 0.102. The van der Waals surface area contributed by atoms with Crippen molar-refractivity contribution in [2.24, 2.45) is 4.99 Å². The van der Waals surface area contributed by atoms with Crippen molar-refractivity contribution in [1.82, 2.24) is 10.3 Å². The van der Waals surface area contributed by atoms with Crippen LogP contribution in [0.3, 0.4) is 0 Å². The van der Waals surface area contributed by atoms with Crippen LogP contribution in [0.5, 0.6) is 0 Å². The fourth-order valence-corrected chi connectivity index (χ4v) is 2.17. The fourth-order valence-electron chi connectivity index (χ4n) is 2.17. The summed E-state index contributed by atoms with van der Waals surface area (Å²) in [5.74, 6) is 0.705. The van der Waals surface area contributed by atoms with E-state index in [0.717, 1.165) is 35.9 Å². The summed E-state index contributed by atoms with van der Waals surface area (Å²) in [4.78, 5) is 20.7. The van der Waals surface area contributed by atoms with E-state index in [-0.39, 0.29) is 5.91 Å². The highest BCUT2D eigenvalue weighted by Gasteiger charge is 2.10. The standard InChI is InChI=1S/C16H16N4O/c1-11-3-2-4-14(19-11)16(21)20-13-7-5-12(6-8-13)15-17-9-10-18-15/h2-8H,9-10H2,1H3,(H,17,18)(H,20,21). The molecule has 0 unspecified atom stereocenters. The lowest BCUT2D eigenvalue weighted by Crippen LogP contribution is -2.19. The molecular formula is C16H16N4O. The first kappa shape index (κ1) is 13.3. The number of aryl methyl sites for hydroxylation is 1. The van der Waals surface area contributed by atoms with Gasteiger partial charge in [0.2, 0.25) is 0 Å². The molecular weight excluding hydrogens is 264 g/mol. The molecule has 3 rings (SSSR count). The van der Waals surface area contributed by atoms with Crippen molar-refractivity contribution in [3.63, 3.8) is 0 Å². The Morgan fingerprint density at radius 1 is 1.19 bits per heavy atom. The van der Waals surface area contributed by atoms with Crippen LogP contribution in [0.15, 0.2) is 47.5 Å². The van der Waals surface area contributed by atoms with Crippen LogP contribution in [0.1, 0.15) is 21.7 Å². The van der Waals surface area contributed by atoms with E-state index in [1.54, 1.807) is 6.07 Å². The van der Waals surface area contributed by atoms with E-state index >= 15 is 0 Å². The van der Waals surface area contributed by atoms with Gasteiger partial charge in [-0.25, -0.2) is 4.98 Å². The third-order valence-electron chi connectivity index (χ3n) is 3.21. The van der Waals surface area contributed by atoms with Gasteiger partial charge in [-0.1, -0.05) is 6.07 Å². The molecule has 0 saturated heterocycles. The quantitative estimate of drug-likeness (QED) is 0.903. The van der Waals surface area contributed by atoms with Crippen LogP contribution < -0.4 is 10.6 Å². The number of pyridine rings is 1. The number of carbonyl (C=O) groups excluding carboxylic acids is 1. The molecule has 5 nitrogen and oxygen atoms in total. The van der Waals surface area contributed by atoms with Gasteiger partial charge in [-0.2, -0.15) is 0 Å². The Kier molecular flexibility index (Phi) is 3.64.